The molecule has 5 aliphatic carbocycles. The lowest BCUT2D eigenvalue weighted by molar-refractivity contribution is -0.00275. The number of nitrogens with two attached hydrogens (primary N) is 1. The van der Waals surface area contributed by atoms with E-state index in [0.29, 0.717) is 11.8 Å². The summed E-state index contributed by atoms with van der Waals surface area (Å²) in [6.45, 7) is 0.818. The van der Waals surface area contributed by atoms with Crippen molar-refractivity contribution in [3.63, 3.8) is 0 Å². The fourth-order valence-electron chi connectivity index (χ4n) is 7.88. The number of benzene rings is 1. The molecule has 5 fully saturated rings. The average molecular weight is 461 g/mol. The molecule has 5 aliphatic rings. The second kappa shape index (κ2) is 10.5. The van der Waals surface area contributed by atoms with E-state index in [1.165, 1.54) is 69.8 Å². The summed E-state index contributed by atoms with van der Waals surface area (Å²) < 4.78 is 0. The topological polar surface area (TPSA) is 26.0 Å². The van der Waals surface area contributed by atoms with Crippen molar-refractivity contribution in [1.82, 2.24) is 0 Å². The summed E-state index contributed by atoms with van der Waals surface area (Å²) >= 11 is 6.82. The third kappa shape index (κ3) is 5.13. The van der Waals surface area contributed by atoms with Gasteiger partial charge in [0.15, 0.2) is 0 Å². The van der Waals surface area contributed by atoms with Gasteiger partial charge in [0, 0.05) is 17.0 Å². The molecule has 3 heteroatoms. The van der Waals surface area contributed by atoms with Crippen molar-refractivity contribution in [2.24, 2.45) is 41.2 Å². The van der Waals surface area contributed by atoms with Crippen molar-refractivity contribution in [3.05, 3.63) is 34.3 Å². The highest BCUT2D eigenvalue weighted by molar-refractivity contribution is 6.31. The quantitative estimate of drug-likeness (QED) is 0.450. The molecule has 2 N–H and O–H groups in total. The highest BCUT2D eigenvalue weighted by Gasteiger charge is 2.48. The van der Waals surface area contributed by atoms with Crippen molar-refractivity contribution >= 4 is 24.0 Å². The van der Waals surface area contributed by atoms with Crippen molar-refractivity contribution < 1.29 is 0 Å². The Morgan fingerprint density at radius 2 is 1.65 bits per heavy atom. The third-order valence-corrected chi connectivity index (χ3v) is 9.41. The van der Waals surface area contributed by atoms with Crippen molar-refractivity contribution in [2.45, 2.75) is 83.0 Å². The normalized spacial score (nSPS) is 32.8. The van der Waals surface area contributed by atoms with Crippen LogP contribution in [-0.2, 0) is 0 Å². The summed E-state index contributed by atoms with van der Waals surface area (Å²) in [6, 6.07) is 6.67. The predicted molar refractivity (Wildman–Crippen MR) is 134 cm³/mol. The Kier molecular flexibility index (Phi) is 7.95. The fourth-order valence-corrected chi connectivity index (χ4v) is 8.19. The second-order valence-electron chi connectivity index (χ2n) is 10.9. The maximum Gasteiger partial charge on any atom is 0.0453 e. The van der Waals surface area contributed by atoms with E-state index in [0.717, 1.165) is 59.6 Å². The molecule has 0 amide bonds. The molecule has 0 heterocycles. The number of hydrogen-bond acceptors (Lipinski definition) is 1. The van der Waals surface area contributed by atoms with Gasteiger partial charge in [0.25, 0.3) is 0 Å². The maximum absolute atomic E-state index is 6.82. The van der Waals surface area contributed by atoms with Gasteiger partial charge in [-0.15, -0.1) is 12.4 Å². The Labute approximate surface area is 200 Å². The van der Waals surface area contributed by atoms with Gasteiger partial charge in [0.1, 0.15) is 0 Å². The van der Waals surface area contributed by atoms with Gasteiger partial charge < -0.3 is 5.73 Å². The molecule has 170 valence electrons. The minimum Gasteiger partial charge on any atom is -0.330 e. The first-order valence-corrected chi connectivity index (χ1v) is 13.1. The van der Waals surface area contributed by atoms with Gasteiger partial charge in [0.05, 0.1) is 0 Å². The Bertz CT molecular complexity index is 773. The zero-order valence-corrected chi connectivity index (χ0v) is 20.4. The van der Waals surface area contributed by atoms with Gasteiger partial charge in [-0.3, -0.25) is 0 Å². The van der Waals surface area contributed by atoms with E-state index < -0.39 is 0 Å². The van der Waals surface area contributed by atoms with Crippen LogP contribution in [0.15, 0.2) is 18.2 Å². The van der Waals surface area contributed by atoms with Crippen LogP contribution in [0, 0.1) is 47.3 Å². The Balaban J connectivity index is 0.00000231. The molecule has 1 atom stereocenters. The molecule has 0 saturated heterocycles. The summed E-state index contributed by atoms with van der Waals surface area (Å²) in [6.07, 6.45) is 16.3. The van der Waals surface area contributed by atoms with Gasteiger partial charge in [-0.05, 0) is 104 Å². The zero-order valence-electron chi connectivity index (χ0n) is 18.8. The Hall–Kier alpha value is -0.680. The van der Waals surface area contributed by atoms with Crippen LogP contribution in [0.2, 0.25) is 5.02 Å². The molecule has 5 saturated carbocycles. The largest absolute Gasteiger partial charge is 0.330 e. The summed E-state index contributed by atoms with van der Waals surface area (Å²) in [5.41, 5.74) is 8.58. The average Bonchev–Trinajstić information content (AvgIpc) is 2.75. The molecule has 1 aromatic rings. The summed E-state index contributed by atoms with van der Waals surface area (Å²) in [5, 5.41) is 0.960. The van der Waals surface area contributed by atoms with Crippen LogP contribution in [0.5, 0.6) is 0 Å². The van der Waals surface area contributed by atoms with E-state index in [9.17, 15) is 0 Å². The minimum atomic E-state index is 0. The van der Waals surface area contributed by atoms with Crippen LogP contribution >= 0.6 is 24.0 Å². The monoisotopic (exact) mass is 459 g/mol. The molecule has 31 heavy (non-hydrogen) atoms. The van der Waals surface area contributed by atoms with Gasteiger partial charge in [-0.2, -0.15) is 0 Å². The lowest BCUT2D eigenvalue weighted by atomic mass is 9.51. The van der Waals surface area contributed by atoms with Crippen LogP contribution in [0.3, 0.4) is 0 Å². The molecule has 1 nitrogen and oxygen atoms in total. The molecule has 0 aromatic heterocycles. The molecular weight excluding hydrogens is 421 g/mol. The van der Waals surface area contributed by atoms with Gasteiger partial charge in [0.2, 0.25) is 0 Å². The molecule has 0 aliphatic heterocycles. The number of rotatable bonds is 5. The molecule has 6 rings (SSSR count). The maximum atomic E-state index is 6.82. The van der Waals surface area contributed by atoms with Crippen LogP contribution < -0.4 is 5.73 Å². The first kappa shape index (κ1) is 23.5. The lowest BCUT2D eigenvalue weighted by Gasteiger charge is -2.54. The highest BCUT2D eigenvalue weighted by Crippen LogP contribution is 2.60. The van der Waals surface area contributed by atoms with E-state index in [4.69, 9.17) is 17.3 Å². The molecule has 1 aromatic carbocycles. The Morgan fingerprint density at radius 3 is 2.26 bits per heavy atom. The molecular formula is C28H39Cl2N. The van der Waals surface area contributed by atoms with E-state index in [2.05, 4.69) is 30.0 Å². The van der Waals surface area contributed by atoms with Crippen LogP contribution in [0.1, 0.15) is 94.1 Å². The summed E-state index contributed by atoms with van der Waals surface area (Å²) in [4.78, 5) is 0. The zero-order chi connectivity index (χ0) is 20.5. The number of halogens is 2. The van der Waals surface area contributed by atoms with Crippen LogP contribution in [0.25, 0.3) is 0 Å². The Morgan fingerprint density at radius 1 is 0.968 bits per heavy atom. The van der Waals surface area contributed by atoms with Gasteiger partial charge >= 0.3 is 0 Å². The van der Waals surface area contributed by atoms with Crippen molar-refractivity contribution in [2.75, 3.05) is 6.54 Å². The fraction of sp³-hybridized carbons (Fsp3) is 0.714. The van der Waals surface area contributed by atoms with E-state index >= 15 is 0 Å². The molecule has 0 radical (unpaired) electrons. The lowest BCUT2D eigenvalue weighted by Crippen LogP contribution is -2.43. The van der Waals surface area contributed by atoms with Crippen molar-refractivity contribution in [1.29, 1.82) is 0 Å². The second-order valence-corrected chi connectivity index (χ2v) is 11.3. The molecule has 0 spiro atoms. The molecule has 4 bridgehead atoms. The predicted octanol–water partition coefficient (Wildman–Crippen LogP) is 7.59. The van der Waals surface area contributed by atoms with E-state index in [1.807, 2.05) is 0 Å². The van der Waals surface area contributed by atoms with E-state index in [1.54, 1.807) is 0 Å². The van der Waals surface area contributed by atoms with Crippen molar-refractivity contribution in [3.8, 4) is 11.8 Å². The smallest absolute Gasteiger partial charge is 0.0453 e. The first-order chi connectivity index (χ1) is 14.7. The standard InChI is InChI=1S/C28H38ClN.ClH/c29-27-17-19(6-4-5-9-23(18-30)22-7-2-1-3-8-22)10-11-26(27)28-24-13-20-12-21(15-24)16-25(28)14-20;/h10-11,17,20-25,28H,1-3,5,7-9,12-16,18,30H2;1H. The SMILES string of the molecule is Cl.NCC(CCC#Cc1ccc(C2C3CC4CC(C3)CC2C4)c(Cl)c1)C1CCCCC1. The minimum absolute atomic E-state index is 0. The first-order valence-electron chi connectivity index (χ1n) is 12.7. The van der Waals surface area contributed by atoms with Gasteiger partial charge in [-0.25, -0.2) is 0 Å². The molecule has 1 unspecified atom stereocenters. The van der Waals surface area contributed by atoms with Crippen LogP contribution in [-0.4, -0.2) is 6.54 Å². The highest BCUT2D eigenvalue weighted by atomic mass is 35.5. The number of hydrogen-bond donors (Lipinski definition) is 1. The summed E-state index contributed by atoms with van der Waals surface area (Å²) in [5.74, 6) is 12.8. The third-order valence-electron chi connectivity index (χ3n) is 9.08. The summed E-state index contributed by atoms with van der Waals surface area (Å²) in [7, 11) is 0. The van der Waals surface area contributed by atoms with Crippen LogP contribution in [0.4, 0.5) is 0 Å². The van der Waals surface area contributed by atoms with Gasteiger partial charge in [-0.1, -0.05) is 61.6 Å². The van der Waals surface area contributed by atoms with E-state index in [-0.39, 0.29) is 12.4 Å².